The second-order valence-corrected chi connectivity index (χ2v) is 8.89. The number of allylic oxidation sites excluding steroid dienone is 2. The topological polar surface area (TPSA) is 82.8 Å². The Morgan fingerprint density at radius 2 is 2.00 bits per heavy atom. The van der Waals surface area contributed by atoms with E-state index < -0.39 is 10.8 Å². The van der Waals surface area contributed by atoms with Gasteiger partial charge < -0.3 is 4.79 Å². The van der Waals surface area contributed by atoms with Crippen molar-refractivity contribution >= 4 is 5.78 Å². The number of carbonyl (C=O) groups excluding carboxylic acids is 1. The Morgan fingerprint density at radius 1 is 1.29 bits per heavy atom. The van der Waals surface area contributed by atoms with E-state index in [0.29, 0.717) is 5.82 Å². The number of ketones is 1. The lowest BCUT2D eigenvalue weighted by atomic mass is 9.53. The third-order valence-electron chi connectivity index (χ3n) is 6.41. The maximum Gasteiger partial charge on any atom is 0.226 e. The smallest absolute Gasteiger partial charge is 0.226 e. The normalized spacial score (nSPS) is 25.9. The Morgan fingerprint density at radius 3 is 2.61 bits per heavy atom. The van der Waals surface area contributed by atoms with Crippen LogP contribution in [0.1, 0.15) is 58.3 Å². The number of hydrogen-bond donors (Lipinski definition) is 0. The lowest BCUT2D eigenvalue weighted by Crippen LogP contribution is -2.50. The van der Waals surface area contributed by atoms with Crippen LogP contribution in [0.4, 0.5) is 0 Å². The highest BCUT2D eigenvalue weighted by molar-refractivity contribution is 6.02. The highest BCUT2D eigenvalue weighted by Crippen LogP contribution is 2.55. The Balaban J connectivity index is 1.91. The summed E-state index contributed by atoms with van der Waals surface area (Å²) in [4.78, 5) is 17.9. The molecule has 0 spiro atoms. The van der Waals surface area contributed by atoms with Crippen molar-refractivity contribution in [3.8, 4) is 11.5 Å². The molecular formula is C20H25N7O. The second kappa shape index (κ2) is 5.84. The van der Waals surface area contributed by atoms with Crippen LogP contribution in [0, 0.1) is 17.9 Å². The molecule has 0 saturated carbocycles. The van der Waals surface area contributed by atoms with Gasteiger partial charge in [0.1, 0.15) is 5.69 Å². The molecule has 4 rings (SSSR count). The molecule has 2 aromatic rings. The first kappa shape index (κ1) is 18.5. The molecule has 0 fully saturated rings. The molecule has 0 saturated heterocycles. The summed E-state index contributed by atoms with van der Waals surface area (Å²) in [6, 6.07) is 0.126. The lowest BCUT2D eigenvalue weighted by molar-refractivity contribution is -0.128. The predicted molar refractivity (Wildman–Crippen MR) is 103 cm³/mol. The van der Waals surface area contributed by atoms with Gasteiger partial charge in [0.25, 0.3) is 0 Å². The van der Waals surface area contributed by atoms with Gasteiger partial charge in [-0.3, -0.25) is 4.68 Å². The summed E-state index contributed by atoms with van der Waals surface area (Å²) in [6.45, 7) is 17.5. The molecule has 2 atom stereocenters. The lowest BCUT2D eigenvalue weighted by Gasteiger charge is -2.49. The molecular weight excluding hydrogens is 354 g/mol. The number of rotatable bonds is 2. The van der Waals surface area contributed by atoms with Gasteiger partial charge in [-0.15, -0.1) is 10.2 Å². The van der Waals surface area contributed by atoms with E-state index in [1.165, 1.54) is 0 Å². The Kier molecular flexibility index (Phi) is 3.86. The van der Waals surface area contributed by atoms with Crippen molar-refractivity contribution < 1.29 is 4.79 Å². The van der Waals surface area contributed by atoms with Crippen molar-refractivity contribution in [2.24, 2.45) is 18.4 Å². The van der Waals surface area contributed by atoms with E-state index in [0.717, 1.165) is 29.8 Å². The molecule has 146 valence electrons. The monoisotopic (exact) mass is 379 g/mol. The fourth-order valence-corrected chi connectivity index (χ4v) is 5.01. The molecule has 0 bridgehead atoms. The highest BCUT2D eigenvalue weighted by atomic mass is 16.1. The van der Waals surface area contributed by atoms with Crippen molar-refractivity contribution in [1.82, 2.24) is 30.0 Å². The minimum atomic E-state index is -0.599. The molecule has 28 heavy (non-hydrogen) atoms. The SMILES string of the molecule is [C-]#[N+]C1=C[C@]2(C)c3nn(C)c(-c4nnn(C(C)C)n4)c3CC[C@H]2C(C)(C)C1=O. The fourth-order valence-electron chi connectivity index (χ4n) is 5.01. The van der Waals surface area contributed by atoms with Crippen LogP contribution < -0.4 is 0 Å². The van der Waals surface area contributed by atoms with E-state index >= 15 is 0 Å². The highest BCUT2D eigenvalue weighted by Gasteiger charge is 2.55. The van der Waals surface area contributed by atoms with Gasteiger partial charge in [-0.25, -0.2) is 4.85 Å². The summed E-state index contributed by atoms with van der Waals surface area (Å²) in [6.07, 6.45) is 3.49. The standard InChI is InChI=1S/C20H25N7O/c1-11(2)27-24-18(22-25-27)15-12-8-9-14-19(3,4)17(28)13(21-6)10-20(14,5)16(12)23-26(15)7/h10-11,14H,8-9H2,1-5,7H3/t14-,20-/m0/s1. The molecule has 2 heterocycles. The molecule has 0 unspecified atom stereocenters. The van der Waals surface area contributed by atoms with Gasteiger partial charge in [0.05, 0.1) is 18.3 Å². The molecule has 0 N–H and O–H groups in total. The van der Waals surface area contributed by atoms with Crippen LogP contribution >= 0.6 is 0 Å². The first-order valence-corrected chi connectivity index (χ1v) is 9.62. The average molecular weight is 379 g/mol. The minimum absolute atomic E-state index is 0.0638. The first-order chi connectivity index (χ1) is 13.1. The Hall–Kier alpha value is -2.82. The zero-order valence-corrected chi connectivity index (χ0v) is 17.2. The number of aryl methyl sites for hydroxylation is 1. The second-order valence-electron chi connectivity index (χ2n) is 8.89. The van der Waals surface area contributed by atoms with Gasteiger partial charge in [0, 0.05) is 23.4 Å². The molecule has 2 aliphatic carbocycles. The summed E-state index contributed by atoms with van der Waals surface area (Å²) in [5.41, 5.74) is 2.02. The van der Waals surface area contributed by atoms with Gasteiger partial charge in [-0.05, 0) is 37.8 Å². The molecule has 0 amide bonds. The zero-order chi connectivity index (χ0) is 20.4. The average Bonchev–Trinajstić information content (AvgIpc) is 3.23. The van der Waals surface area contributed by atoms with E-state index in [1.54, 1.807) is 4.80 Å². The molecule has 8 nitrogen and oxygen atoms in total. The van der Waals surface area contributed by atoms with Crippen LogP contribution in [0.25, 0.3) is 16.4 Å². The summed E-state index contributed by atoms with van der Waals surface area (Å²) in [5, 5.41) is 17.8. The number of fused-ring (bicyclic) bond motifs is 3. The van der Waals surface area contributed by atoms with Crippen molar-refractivity contribution in [3.63, 3.8) is 0 Å². The molecule has 2 aliphatic rings. The zero-order valence-electron chi connectivity index (χ0n) is 17.2. The van der Waals surface area contributed by atoms with Crippen LogP contribution in [0.5, 0.6) is 0 Å². The third-order valence-corrected chi connectivity index (χ3v) is 6.41. The van der Waals surface area contributed by atoms with E-state index in [1.807, 2.05) is 45.5 Å². The van der Waals surface area contributed by atoms with Gasteiger partial charge in [-0.1, -0.05) is 26.8 Å². The maximum atomic E-state index is 12.8. The summed E-state index contributed by atoms with van der Waals surface area (Å²) < 4.78 is 1.81. The van der Waals surface area contributed by atoms with Crippen LogP contribution in [-0.4, -0.2) is 35.8 Å². The Labute approximate surface area is 164 Å². The summed E-state index contributed by atoms with van der Waals surface area (Å²) in [7, 11) is 1.89. The van der Waals surface area contributed by atoms with Gasteiger partial charge in [-0.2, -0.15) is 9.90 Å². The number of tetrazole rings is 1. The third kappa shape index (κ3) is 2.32. The van der Waals surface area contributed by atoms with Crippen molar-refractivity contribution in [2.75, 3.05) is 0 Å². The first-order valence-electron chi connectivity index (χ1n) is 9.62. The van der Waals surface area contributed by atoms with Gasteiger partial charge >= 0.3 is 0 Å². The molecule has 0 aromatic carbocycles. The quantitative estimate of drug-likeness (QED) is 0.749. The number of Topliss-reactive ketones (excluding diaryl/α,β-unsaturated/α-hetero) is 1. The largest absolute Gasteiger partial charge is 0.307 e. The predicted octanol–water partition coefficient (Wildman–Crippen LogP) is 2.89. The molecule has 0 radical (unpaired) electrons. The fraction of sp³-hybridized carbons (Fsp3) is 0.600. The number of carbonyl (C=O) groups is 1. The van der Waals surface area contributed by atoms with E-state index in [-0.39, 0.29) is 23.4 Å². The van der Waals surface area contributed by atoms with Crippen molar-refractivity contribution in [1.29, 1.82) is 0 Å². The van der Waals surface area contributed by atoms with Crippen molar-refractivity contribution in [2.45, 2.75) is 58.9 Å². The van der Waals surface area contributed by atoms with Gasteiger partial charge in [0.15, 0.2) is 5.78 Å². The van der Waals surface area contributed by atoms with E-state index in [4.69, 9.17) is 11.7 Å². The number of aromatic nitrogens is 6. The van der Waals surface area contributed by atoms with Crippen molar-refractivity contribution in [3.05, 3.63) is 34.4 Å². The van der Waals surface area contributed by atoms with Gasteiger partial charge in [0.2, 0.25) is 11.5 Å². The molecule has 0 aliphatic heterocycles. The summed E-state index contributed by atoms with van der Waals surface area (Å²) >= 11 is 0. The van der Waals surface area contributed by atoms with Crippen LogP contribution in [0.2, 0.25) is 0 Å². The number of nitrogens with zero attached hydrogens (tertiary/aromatic N) is 7. The van der Waals surface area contributed by atoms with E-state index in [2.05, 4.69) is 27.2 Å². The van der Waals surface area contributed by atoms with Crippen LogP contribution in [0.3, 0.4) is 0 Å². The summed E-state index contributed by atoms with van der Waals surface area (Å²) in [5.74, 6) is 0.589. The minimum Gasteiger partial charge on any atom is -0.307 e. The van der Waals surface area contributed by atoms with E-state index in [9.17, 15) is 4.79 Å². The number of hydrogen-bond acceptors (Lipinski definition) is 5. The molecule has 8 heteroatoms. The van der Waals surface area contributed by atoms with Crippen LogP contribution in [-0.2, 0) is 23.7 Å². The Bertz CT molecular complexity index is 1050. The van der Waals surface area contributed by atoms with Crippen LogP contribution in [0.15, 0.2) is 11.8 Å². The molecule has 2 aromatic heterocycles. The maximum absolute atomic E-state index is 12.8.